The second-order valence-electron chi connectivity index (χ2n) is 8.82. The van der Waals surface area contributed by atoms with Gasteiger partial charge in [-0.15, -0.1) is 0 Å². The van der Waals surface area contributed by atoms with E-state index < -0.39 is 42.5 Å². The Kier molecular flexibility index (Phi) is 8.05. The van der Waals surface area contributed by atoms with E-state index in [0.717, 1.165) is 17.7 Å². The fourth-order valence-corrected chi connectivity index (χ4v) is 5.08. The van der Waals surface area contributed by atoms with Gasteiger partial charge < -0.3 is 14.5 Å². The minimum absolute atomic E-state index is 0.0180. The number of alkyl halides is 4. The molecule has 2 aromatic carbocycles. The van der Waals surface area contributed by atoms with Crippen LogP contribution in [0.5, 0.6) is 0 Å². The quantitative estimate of drug-likeness (QED) is 0.369. The van der Waals surface area contributed by atoms with Crippen molar-refractivity contribution in [2.75, 3.05) is 18.4 Å². The van der Waals surface area contributed by atoms with E-state index in [0.29, 0.717) is 17.8 Å². The lowest BCUT2D eigenvalue weighted by Gasteiger charge is -2.51. The molecule has 2 atom stereocenters. The van der Waals surface area contributed by atoms with Crippen molar-refractivity contribution in [3.05, 3.63) is 71.0 Å². The van der Waals surface area contributed by atoms with Gasteiger partial charge in [-0.25, -0.2) is 9.18 Å². The first-order valence-electron chi connectivity index (χ1n) is 11.6. The van der Waals surface area contributed by atoms with Gasteiger partial charge in [-0.1, -0.05) is 46.3 Å². The lowest BCUT2D eigenvalue weighted by molar-refractivity contribution is -0.168. The molecule has 0 spiro atoms. The highest BCUT2D eigenvalue weighted by molar-refractivity contribution is 9.09. The molecule has 2 saturated heterocycles. The second kappa shape index (κ2) is 11.1. The Morgan fingerprint density at radius 1 is 1.08 bits per heavy atom. The third-order valence-corrected chi connectivity index (χ3v) is 6.79. The molecule has 4 rings (SSSR count). The normalized spacial score (nSPS) is 20.2. The number of fused-ring (bicyclic) bond motifs is 1. The largest absolute Gasteiger partial charge is 0.444 e. The van der Waals surface area contributed by atoms with E-state index in [1.165, 1.54) is 9.80 Å². The molecule has 2 fully saturated rings. The Balaban J connectivity index is 1.54. The van der Waals surface area contributed by atoms with E-state index in [1.807, 2.05) is 30.3 Å². The Morgan fingerprint density at radius 2 is 1.81 bits per heavy atom. The maximum atomic E-state index is 13.7. The molecule has 2 heterocycles. The number of carbonyl (C=O) groups is 3. The molecule has 0 aromatic heterocycles. The molecule has 7 nitrogen and oxygen atoms in total. The predicted molar refractivity (Wildman–Crippen MR) is 128 cm³/mol. The Morgan fingerprint density at radius 3 is 2.49 bits per heavy atom. The summed E-state index contributed by atoms with van der Waals surface area (Å²) in [5.74, 6) is -1.61. The highest BCUT2D eigenvalue weighted by Gasteiger charge is 2.48. The van der Waals surface area contributed by atoms with Crippen LogP contribution in [0.25, 0.3) is 0 Å². The average molecular weight is 586 g/mol. The number of rotatable bonds is 6. The van der Waals surface area contributed by atoms with Crippen LogP contribution >= 0.6 is 15.9 Å². The molecule has 2 aliphatic heterocycles. The minimum Gasteiger partial charge on any atom is -0.444 e. The molecule has 0 saturated carbocycles. The molecular formula is C25H24BrF4N3O4. The van der Waals surface area contributed by atoms with Crippen molar-refractivity contribution in [3.8, 4) is 0 Å². The SMILES string of the molecule is O=C1[C@H](CCBr)N2C(=O)CCN(C(=O)OCc3cc(F)cc(C(F)(F)F)c3)[C@H]2CN1Cc1ccccc1. The van der Waals surface area contributed by atoms with E-state index in [1.54, 1.807) is 4.90 Å². The van der Waals surface area contributed by atoms with E-state index in [-0.39, 0.29) is 43.4 Å². The molecule has 0 radical (unpaired) electrons. The first kappa shape index (κ1) is 26.9. The van der Waals surface area contributed by atoms with Gasteiger partial charge in [0.25, 0.3) is 0 Å². The van der Waals surface area contributed by atoms with Crippen LogP contribution in [0, 0.1) is 5.82 Å². The zero-order valence-electron chi connectivity index (χ0n) is 19.6. The van der Waals surface area contributed by atoms with Gasteiger partial charge in [0.15, 0.2) is 0 Å². The number of nitrogens with zero attached hydrogens (tertiary/aromatic N) is 3. The minimum atomic E-state index is -4.75. The summed E-state index contributed by atoms with van der Waals surface area (Å²) < 4.78 is 58.1. The molecule has 2 aromatic rings. The van der Waals surface area contributed by atoms with Crippen LogP contribution in [0.1, 0.15) is 29.5 Å². The molecule has 2 aliphatic rings. The van der Waals surface area contributed by atoms with Crippen molar-refractivity contribution in [1.82, 2.24) is 14.7 Å². The van der Waals surface area contributed by atoms with Crippen molar-refractivity contribution in [3.63, 3.8) is 0 Å². The first-order chi connectivity index (χ1) is 17.6. The Labute approximate surface area is 219 Å². The van der Waals surface area contributed by atoms with Gasteiger partial charge in [0.05, 0.1) is 12.1 Å². The van der Waals surface area contributed by atoms with Crippen molar-refractivity contribution < 1.29 is 36.7 Å². The summed E-state index contributed by atoms with van der Waals surface area (Å²) in [6.45, 7) is -0.243. The average Bonchev–Trinajstić information content (AvgIpc) is 2.85. The highest BCUT2D eigenvalue weighted by Crippen LogP contribution is 2.31. The van der Waals surface area contributed by atoms with Crippen molar-refractivity contribution in [2.24, 2.45) is 0 Å². The summed E-state index contributed by atoms with van der Waals surface area (Å²) in [5.41, 5.74) is -0.467. The summed E-state index contributed by atoms with van der Waals surface area (Å²) >= 11 is 3.33. The number of hydrogen-bond donors (Lipinski definition) is 0. The number of piperazine rings is 1. The molecule has 0 bridgehead atoms. The summed E-state index contributed by atoms with van der Waals surface area (Å²) in [6, 6.07) is 10.4. The predicted octanol–water partition coefficient (Wildman–Crippen LogP) is 4.54. The van der Waals surface area contributed by atoms with Gasteiger partial charge in [0, 0.05) is 24.8 Å². The third-order valence-electron chi connectivity index (χ3n) is 6.33. The number of halogens is 5. The Bertz CT molecular complexity index is 1160. The van der Waals surface area contributed by atoms with E-state index in [2.05, 4.69) is 15.9 Å². The number of ether oxygens (including phenoxy) is 1. The molecule has 0 unspecified atom stereocenters. The third kappa shape index (κ3) is 6.06. The molecule has 37 heavy (non-hydrogen) atoms. The molecule has 0 aliphatic carbocycles. The molecule has 12 heteroatoms. The van der Waals surface area contributed by atoms with Gasteiger partial charge in [-0.3, -0.25) is 14.5 Å². The summed E-state index contributed by atoms with van der Waals surface area (Å²) in [6.07, 6.45) is -6.13. The first-order valence-corrected chi connectivity index (χ1v) is 12.7. The van der Waals surface area contributed by atoms with Gasteiger partial charge in [0.1, 0.15) is 24.6 Å². The van der Waals surface area contributed by atoms with Crippen molar-refractivity contribution in [1.29, 1.82) is 0 Å². The van der Waals surface area contributed by atoms with Gasteiger partial charge in [-0.05, 0) is 35.7 Å². The summed E-state index contributed by atoms with van der Waals surface area (Å²) in [7, 11) is 0. The standard InChI is InChI=1S/C25H24BrF4N3O4/c26-8-6-20-23(35)31(13-16-4-2-1-3-5-16)14-21-32(9-7-22(34)33(20)21)24(36)37-15-17-10-18(25(28,29)30)12-19(27)11-17/h1-5,10-12,20-21H,6-9,13-15H2/t20-,21+/m0/s1. The van der Waals surface area contributed by atoms with Crippen LogP contribution in [0.15, 0.2) is 48.5 Å². The lowest BCUT2D eigenvalue weighted by Crippen LogP contribution is -2.71. The zero-order chi connectivity index (χ0) is 26.7. The summed E-state index contributed by atoms with van der Waals surface area (Å²) in [5, 5.41) is 0.449. The van der Waals surface area contributed by atoms with Crippen molar-refractivity contribution in [2.45, 2.75) is 44.4 Å². The fourth-order valence-electron chi connectivity index (χ4n) is 4.65. The number of benzene rings is 2. The fraction of sp³-hybridized carbons (Fsp3) is 0.400. The van der Waals surface area contributed by atoms with Crippen LogP contribution < -0.4 is 0 Å². The van der Waals surface area contributed by atoms with Crippen LogP contribution in [0.3, 0.4) is 0 Å². The van der Waals surface area contributed by atoms with Gasteiger partial charge in [0.2, 0.25) is 11.8 Å². The van der Waals surface area contributed by atoms with Crippen molar-refractivity contribution >= 4 is 33.8 Å². The maximum Gasteiger partial charge on any atom is 0.416 e. The van der Waals surface area contributed by atoms with Gasteiger partial charge in [-0.2, -0.15) is 13.2 Å². The van der Waals surface area contributed by atoms with E-state index in [9.17, 15) is 31.9 Å². The van der Waals surface area contributed by atoms with E-state index in [4.69, 9.17) is 4.74 Å². The maximum absolute atomic E-state index is 13.7. The Hall–Kier alpha value is -3.15. The number of amides is 3. The molecular weight excluding hydrogens is 562 g/mol. The zero-order valence-corrected chi connectivity index (χ0v) is 21.2. The van der Waals surface area contributed by atoms with Crippen LogP contribution in [-0.4, -0.2) is 63.2 Å². The lowest BCUT2D eigenvalue weighted by atomic mass is 10.0. The number of carbonyl (C=O) groups excluding carboxylic acids is 3. The topological polar surface area (TPSA) is 70.2 Å². The van der Waals surface area contributed by atoms with E-state index >= 15 is 0 Å². The van der Waals surface area contributed by atoms with Crippen LogP contribution in [0.4, 0.5) is 22.4 Å². The molecule has 198 valence electrons. The second-order valence-corrected chi connectivity index (χ2v) is 9.62. The molecule has 0 N–H and O–H groups in total. The molecule has 3 amide bonds. The van der Waals surface area contributed by atoms with Crippen LogP contribution in [0.2, 0.25) is 0 Å². The summed E-state index contributed by atoms with van der Waals surface area (Å²) in [4.78, 5) is 43.5. The highest BCUT2D eigenvalue weighted by atomic mass is 79.9. The van der Waals surface area contributed by atoms with Crippen LogP contribution in [-0.2, 0) is 33.7 Å². The number of hydrogen-bond acceptors (Lipinski definition) is 4. The monoisotopic (exact) mass is 585 g/mol. The van der Waals surface area contributed by atoms with Gasteiger partial charge >= 0.3 is 12.3 Å². The smallest absolute Gasteiger partial charge is 0.416 e.